The van der Waals surface area contributed by atoms with Crippen LogP contribution < -0.4 is 15.2 Å². The van der Waals surface area contributed by atoms with E-state index in [1.807, 2.05) is 19.9 Å². The van der Waals surface area contributed by atoms with E-state index in [4.69, 9.17) is 26.8 Å². The van der Waals surface area contributed by atoms with Crippen LogP contribution in [0.25, 0.3) is 0 Å². The first-order valence-corrected chi connectivity index (χ1v) is 6.69. The summed E-state index contributed by atoms with van der Waals surface area (Å²) in [6.45, 7) is 4.70. The van der Waals surface area contributed by atoms with Crippen molar-refractivity contribution in [2.45, 2.75) is 39.2 Å². The van der Waals surface area contributed by atoms with Gasteiger partial charge in [0, 0.05) is 11.1 Å². The van der Waals surface area contributed by atoms with Crippen LogP contribution in [0.5, 0.6) is 11.5 Å². The highest BCUT2D eigenvalue weighted by Gasteiger charge is 2.13. The Bertz CT molecular complexity index is 380. The lowest BCUT2D eigenvalue weighted by Crippen LogP contribution is -2.09. The van der Waals surface area contributed by atoms with Crippen molar-refractivity contribution in [2.75, 3.05) is 13.7 Å². The molecule has 0 fully saturated rings. The molecule has 1 rings (SSSR count). The second kappa shape index (κ2) is 7.49. The van der Waals surface area contributed by atoms with Crippen LogP contribution in [0.15, 0.2) is 12.1 Å². The maximum absolute atomic E-state index is 6.09. The van der Waals surface area contributed by atoms with Crippen molar-refractivity contribution in [3.05, 3.63) is 22.7 Å². The topological polar surface area (TPSA) is 44.5 Å². The van der Waals surface area contributed by atoms with Gasteiger partial charge in [-0.15, -0.1) is 0 Å². The van der Waals surface area contributed by atoms with E-state index in [1.165, 1.54) is 0 Å². The van der Waals surface area contributed by atoms with Crippen LogP contribution in [0.2, 0.25) is 5.02 Å². The van der Waals surface area contributed by atoms with Gasteiger partial charge in [-0.2, -0.15) is 0 Å². The Kier molecular flexibility index (Phi) is 6.30. The molecule has 18 heavy (non-hydrogen) atoms. The zero-order valence-electron chi connectivity index (χ0n) is 11.3. The third-order valence-corrected chi connectivity index (χ3v) is 2.79. The lowest BCUT2D eigenvalue weighted by molar-refractivity contribution is 0.227. The highest BCUT2D eigenvalue weighted by Crippen LogP contribution is 2.36. The number of nitrogens with two attached hydrogens (primary N) is 1. The van der Waals surface area contributed by atoms with E-state index < -0.39 is 0 Å². The zero-order chi connectivity index (χ0) is 13.5. The maximum Gasteiger partial charge on any atom is 0.164 e. The molecule has 0 heterocycles. The van der Waals surface area contributed by atoms with Crippen LogP contribution in [0.4, 0.5) is 0 Å². The molecule has 0 amide bonds. The average molecular weight is 272 g/mol. The van der Waals surface area contributed by atoms with Crippen LogP contribution in [-0.2, 0) is 6.42 Å². The highest BCUT2D eigenvalue weighted by molar-refractivity contribution is 6.30. The number of aryl methyl sites for hydroxylation is 1. The van der Waals surface area contributed by atoms with Gasteiger partial charge in [0.15, 0.2) is 11.5 Å². The summed E-state index contributed by atoms with van der Waals surface area (Å²) >= 11 is 6.09. The molecule has 3 nitrogen and oxygen atoms in total. The standard InChI is InChI=1S/C14H22ClNO2/c1-10(2)18-14-11(6-4-5-7-16)8-12(15)9-13(14)17-3/h8-10H,4-7,16H2,1-3H3. The molecule has 2 N–H and O–H groups in total. The van der Waals surface area contributed by atoms with E-state index in [0.29, 0.717) is 17.3 Å². The minimum atomic E-state index is 0.105. The molecule has 0 unspecified atom stereocenters. The fourth-order valence-corrected chi connectivity index (χ4v) is 2.02. The van der Waals surface area contributed by atoms with Gasteiger partial charge in [-0.3, -0.25) is 0 Å². The molecule has 0 aliphatic rings. The largest absolute Gasteiger partial charge is 0.493 e. The molecule has 0 aliphatic carbocycles. The molecule has 0 saturated heterocycles. The molecule has 0 aliphatic heterocycles. The average Bonchev–Trinajstić information content (AvgIpc) is 2.31. The van der Waals surface area contributed by atoms with Crippen molar-refractivity contribution in [1.29, 1.82) is 0 Å². The van der Waals surface area contributed by atoms with E-state index in [-0.39, 0.29) is 6.10 Å². The van der Waals surface area contributed by atoms with Crippen LogP contribution in [-0.4, -0.2) is 19.8 Å². The second-order valence-corrected chi connectivity index (χ2v) is 4.95. The summed E-state index contributed by atoms with van der Waals surface area (Å²) in [5, 5.41) is 0.672. The van der Waals surface area contributed by atoms with Crippen LogP contribution in [0.3, 0.4) is 0 Å². The molecule has 1 aromatic carbocycles. The number of halogens is 1. The van der Waals surface area contributed by atoms with Gasteiger partial charge in [0.05, 0.1) is 13.2 Å². The van der Waals surface area contributed by atoms with Crippen molar-refractivity contribution >= 4 is 11.6 Å². The Morgan fingerprint density at radius 2 is 2.00 bits per heavy atom. The molecule has 102 valence electrons. The Labute approximate surface area is 114 Å². The number of hydrogen-bond donors (Lipinski definition) is 1. The van der Waals surface area contributed by atoms with E-state index in [2.05, 4.69) is 0 Å². The van der Waals surface area contributed by atoms with Gasteiger partial charge in [-0.05, 0) is 51.3 Å². The molecule has 4 heteroatoms. The third kappa shape index (κ3) is 4.39. The minimum Gasteiger partial charge on any atom is -0.493 e. The van der Waals surface area contributed by atoms with Crippen LogP contribution in [0, 0.1) is 0 Å². The SMILES string of the molecule is COc1cc(Cl)cc(CCCCN)c1OC(C)C. The fraction of sp³-hybridized carbons (Fsp3) is 0.571. The Morgan fingerprint density at radius 1 is 1.28 bits per heavy atom. The molecular formula is C14H22ClNO2. The monoisotopic (exact) mass is 271 g/mol. The number of unbranched alkanes of at least 4 members (excludes halogenated alkanes) is 1. The van der Waals surface area contributed by atoms with Gasteiger partial charge in [0.2, 0.25) is 0 Å². The molecule has 0 atom stereocenters. The predicted molar refractivity (Wildman–Crippen MR) is 75.8 cm³/mol. The van der Waals surface area contributed by atoms with Crippen LogP contribution >= 0.6 is 11.6 Å². The number of hydrogen-bond acceptors (Lipinski definition) is 3. The first kappa shape index (κ1) is 15.1. The number of methoxy groups -OCH3 is 1. The van der Waals surface area contributed by atoms with E-state index in [9.17, 15) is 0 Å². The summed E-state index contributed by atoms with van der Waals surface area (Å²) in [5.74, 6) is 1.49. The number of ether oxygens (including phenoxy) is 2. The molecule has 0 spiro atoms. The van der Waals surface area contributed by atoms with Gasteiger partial charge in [-0.1, -0.05) is 11.6 Å². The summed E-state index contributed by atoms with van der Waals surface area (Å²) < 4.78 is 11.2. The molecule has 0 saturated carbocycles. The van der Waals surface area contributed by atoms with E-state index in [0.717, 1.165) is 30.6 Å². The Hall–Kier alpha value is -0.930. The van der Waals surface area contributed by atoms with E-state index in [1.54, 1.807) is 13.2 Å². The lowest BCUT2D eigenvalue weighted by atomic mass is 10.1. The first-order chi connectivity index (χ1) is 8.58. The predicted octanol–water partition coefficient (Wildman–Crippen LogP) is 3.42. The Morgan fingerprint density at radius 3 is 2.56 bits per heavy atom. The lowest BCUT2D eigenvalue weighted by Gasteiger charge is -2.18. The molecule has 0 bridgehead atoms. The fourth-order valence-electron chi connectivity index (χ4n) is 1.79. The zero-order valence-corrected chi connectivity index (χ0v) is 12.1. The van der Waals surface area contributed by atoms with Gasteiger partial charge in [0.1, 0.15) is 0 Å². The summed E-state index contributed by atoms with van der Waals surface area (Å²) in [6.07, 6.45) is 3.02. The first-order valence-electron chi connectivity index (χ1n) is 6.31. The van der Waals surface area contributed by atoms with Crippen molar-refractivity contribution in [2.24, 2.45) is 5.73 Å². The minimum absolute atomic E-state index is 0.105. The Balaban J connectivity index is 2.99. The number of rotatable bonds is 7. The van der Waals surface area contributed by atoms with Crippen LogP contribution in [0.1, 0.15) is 32.3 Å². The molecule has 0 aromatic heterocycles. The van der Waals surface area contributed by atoms with Crippen molar-refractivity contribution in [3.8, 4) is 11.5 Å². The second-order valence-electron chi connectivity index (χ2n) is 4.51. The van der Waals surface area contributed by atoms with Gasteiger partial charge < -0.3 is 15.2 Å². The van der Waals surface area contributed by atoms with E-state index >= 15 is 0 Å². The summed E-state index contributed by atoms with van der Waals surface area (Å²) in [6, 6.07) is 3.73. The molecule has 1 aromatic rings. The maximum atomic E-state index is 6.09. The van der Waals surface area contributed by atoms with Gasteiger partial charge in [-0.25, -0.2) is 0 Å². The van der Waals surface area contributed by atoms with Gasteiger partial charge in [0.25, 0.3) is 0 Å². The quantitative estimate of drug-likeness (QED) is 0.773. The molecule has 0 radical (unpaired) electrons. The van der Waals surface area contributed by atoms with Gasteiger partial charge >= 0.3 is 0 Å². The smallest absolute Gasteiger partial charge is 0.164 e. The summed E-state index contributed by atoms with van der Waals surface area (Å²) in [7, 11) is 1.63. The third-order valence-electron chi connectivity index (χ3n) is 2.57. The summed E-state index contributed by atoms with van der Waals surface area (Å²) in [5.41, 5.74) is 6.60. The normalized spacial score (nSPS) is 10.8. The van der Waals surface area contributed by atoms with Crippen molar-refractivity contribution in [3.63, 3.8) is 0 Å². The summed E-state index contributed by atoms with van der Waals surface area (Å²) in [4.78, 5) is 0. The van der Waals surface area contributed by atoms with Crippen molar-refractivity contribution in [1.82, 2.24) is 0 Å². The van der Waals surface area contributed by atoms with Crippen molar-refractivity contribution < 1.29 is 9.47 Å². The molecular weight excluding hydrogens is 250 g/mol. The highest BCUT2D eigenvalue weighted by atomic mass is 35.5. The number of benzene rings is 1.